The SMILES string of the molecule is O=S(=O)(NCc1cccc(C(F)(F)F)c1)c1ccccc1F. The molecule has 0 aliphatic heterocycles. The van der Waals surface area contributed by atoms with Crippen LogP contribution in [0.5, 0.6) is 0 Å². The molecule has 0 heterocycles. The molecule has 0 spiro atoms. The number of alkyl halides is 3. The molecule has 0 aliphatic carbocycles. The summed E-state index contributed by atoms with van der Waals surface area (Å²) in [5, 5.41) is 0. The molecule has 118 valence electrons. The van der Waals surface area contributed by atoms with E-state index >= 15 is 0 Å². The Hall–Kier alpha value is -1.93. The van der Waals surface area contributed by atoms with Gasteiger partial charge in [-0.25, -0.2) is 17.5 Å². The van der Waals surface area contributed by atoms with Crippen LogP contribution in [0.4, 0.5) is 17.6 Å². The molecule has 2 rings (SSSR count). The minimum absolute atomic E-state index is 0.120. The van der Waals surface area contributed by atoms with Gasteiger partial charge in [0.05, 0.1) is 5.56 Å². The first-order valence-electron chi connectivity index (χ1n) is 6.10. The maximum absolute atomic E-state index is 13.5. The molecule has 0 radical (unpaired) electrons. The molecule has 0 fully saturated rings. The van der Waals surface area contributed by atoms with Gasteiger partial charge in [0.25, 0.3) is 0 Å². The van der Waals surface area contributed by atoms with E-state index in [0.717, 1.165) is 24.3 Å². The van der Waals surface area contributed by atoms with Crippen LogP contribution >= 0.6 is 0 Å². The number of halogens is 4. The van der Waals surface area contributed by atoms with Crippen LogP contribution in [0.15, 0.2) is 53.4 Å². The van der Waals surface area contributed by atoms with Crippen molar-refractivity contribution in [2.75, 3.05) is 0 Å². The smallest absolute Gasteiger partial charge is 0.207 e. The molecule has 0 aromatic heterocycles. The molecule has 2 aromatic rings. The highest BCUT2D eigenvalue weighted by Crippen LogP contribution is 2.29. The van der Waals surface area contributed by atoms with Crippen molar-refractivity contribution >= 4 is 10.0 Å². The molecule has 0 saturated carbocycles. The fourth-order valence-electron chi connectivity index (χ4n) is 1.78. The molecule has 0 atom stereocenters. The standard InChI is InChI=1S/C14H11F4NO2S/c15-12-6-1-2-7-13(12)22(20,21)19-9-10-4-3-5-11(8-10)14(16,17)18/h1-8,19H,9H2. The van der Waals surface area contributed by atoms with Gasteiger partial charge in [-0.2, -0.15) is 13.2 Å². The van der Waals surface area contributed by atoms with Crippen LogP contribution in [0.25, 0.3) is 0 Å². The van der Waals surface area contributed by atoms with Crippen LogP contribution in [0.1, 0.15) is 11.1 Å². The number of rotatable bonds is 4. The Balaban J connectivity index is 2.18. The summed E-state index contributed by atoms with van der Waals surface area (Å²) in [6.45, 7) is -0.374. The predicted octanol–water partition coefficient (Wildman–Crippen LogP) is 3.32. The van der Waals surface area contributed by atoms with Crippen molar-refractivity contribution in [3.05, 3.63) is 65.5 Å². The minimum Gasteiger partial charge on any atom is -0.207 e. The molecule has 1 N–H and O–H groups in total. The highest BCUT2D eigenvalue weighted by molar-refractivity contribution is 7.89. The third kappa shape index (κ3) is 3.83. The Morgan fingerprint density at radius 2 is 1.68 bits per heavy atom. The first-order chi connectivity index (χ1) is 10.2. The molecular formula is C14H11F4NO2S. The predicted molar refractivity (Wildman–Crippen MR) is 71.9 cm³/mol. The van der Waals surface area contributed by atoms with Gasteiger partial charge in [0.15, 0.2) is 0 Å². The second-order valence-corrected chi connectivity index (χ2v) is 6.19. The Bertz CT molecular complexity index is 772. The number of hydrogen-bond donors (Lipinski definition) is 1. The first kappa shape index (κ1) is 16.4. The summed E-state index contributed by atoms with van der Waals surface area (Å²) in [5.41, 5.74) is -0.759. The second kappa shape index (κ2) is 6.05. The lowest BCUT2D eigenvalue weighted by Gasteiger charge is -2.10. The number of sulfonamides is 1. The molecule has 3 nitrogen and oxygen atoms in total. The van der Waals surface area contributed by atoms with E-state index in [0.29, 0.717) is 0 Å². The minimum atomic E-state index is -4.51. The highest BCUT2D eigenvalue weighted by Gasteiger charge is 2.30. The van der Waals surface area contributed by atoms with Gasteiger partial charge in [0.1, 0.15) is 10.7 Å². The fourth-order valence-corrected chi connectivity index (χ4v) is 2.87. The Morgan fingerprint density at radius 1 is 1.00 bits per heavy atom. The molecule has 0 amide bonds. The van der Waals surface area contributed by atoms with Crippen LogP contribution in [-0.2, 0) is 22.7 Å². The molecule has 0 bridgehead atoms. The molecule has 0 aliphatic rings. The van der Waals surface area contributed by atoms with E-state index in [9.17, 15) is 26.0 Å². The van der Waals surface area contributed by atoms with E-state index < -0.39 is 32.5 Å². The summed E-state index contributed by atoms with van der Waals surface area (Å²) >= 11 is 0. The van der Waals surface area contributed by atoms with E-state index in [2.05, 4.69) is 4.72 Å². The molecule has 2 aromatic carbocycles. The zero-order chi connectivity index (χ0) is 16.4. The van der Waals surface area contributed by atoms with Gasteiger partial charge in [-0.3, -0.25) is 0 Å². The van der Waals surface area contributed by atoms with Crippen LogP contribution in [0.3, 0.4) is 0 Å². The summed E-state index contributed by atoms with van der Waals surface area (Å²) in [7, 11) is -4.14. The first-order valence-corrected chi connectivity index (χ1v) is 7.59. The van der Waals surface area contributed by atoms with E-state index in [4.69, 9.17) is 0 Å². The third-order valence-corrected chi connectivity index (χ3v) is 4.28. The summed E-state index contributed by atoms with van der Waals surface area (Å²) in [6.07, 6.45) is -4.51. The number of nitrogens with one attached hydrogen (secondary N) is 1. The van der Waals surface area contributed by atoms with Gasteiger partial charge in [-0.15, -0.1) is 0 Å². The average Bonchev–Trinajstić information content (AvgIpc) is 2.45. The van der Waals surface area contributed by atoms with Crippen molar-refractivity contribution in [1.29, 1.82) is 0 Å². The van der Waals surface area contributed by atoms with Crippen molar-refractivity contribution in [3.63, 3.8) is 0 Å². The molecule has 0 saturated heterocycles. The zero-order valence-corrected chi connectivity index (χ0v) is 11.9. The molecule has 22 heavy (non-hydrogen) atoms. The monoisotopic (exact) mass is 333 g/mol. The maximum Gasteiger partial charge on any atom is 0.416 e. The van der Waals surface area contributed by atoms with Gasteiger partial charge in [0, 0.05) is 6.54 Å². The van der Waals surface area contributed by atoms with E-state index in [1.54, 1.807) is 0 Å². The normalized spacial score (nSPS) is 12.4. The van der Waals surface area contributed by atoms with Crippen LogP contribution in [0.2, 0.25) is 0 Å². The Morgan fingerprint density at radius 3 is 2.32 bits per heavy atom. The quantitative estimate of drug-likeness (QED) is 0.873. The molecule has 8 heteroatoms. The van der Waals surface area contributed by atoms with Crippen LogP contribution in [-0.4, -0.2) is 8.42 Å². The number of hydrogen-bond acceptors (Lipinski definition) is 2. The van der Waals surface area contributed by atoms with E-state index in [-0.39, 0.29) is 12.1 Å². The van der Waals surface area contributed by atoms with Crippen LogP contribution in [0, 0.1) is 5.82 Å². The van der Waals surface area contributed by atoms with Gasteiger partial charge < -0.3 is 0 Å². The van der Waals surface area contributed by atoms with Gasteiger partial charge in [0.2, 0.25) is 10.0 Å². The van der Waals surface area contributed by atoms with Crippen LogP contribution < -0.4 is 4.72 Å². The van der Waals surface area contributed by atoms with Crippen molar-refractivity contribution in [2.45, 2.75) is 17.6 Å². The maximum atomic E-state index is 13.5. The number of benzene rings is 2. The van der Waals surface area contributed by atoms with Crippen molar-refractivity contribution in [2.24, 2.45) is 0 Å². The summed E-state index contributed by atoms with van der Waals surface area (Å²) in [6, 6.07) is 8.99. The lowest BCUT2D eigenvalue weighted by molar-refractivity contribution is -0.137. The van der Waals surface area contributed by atoms with Gasteiger partial charge in [-0.05, 0) is 23.8 Å². The van der Waals surface area contributed by atoms with E-state index in [1.165, 1.54) is 24.3 Å². The van der Waals surface area contributed by atoms with Gasteiger partial charge >= 0.3 is 6.18 Å². The van der Waals surface area contributed by atoms with Crippen molar-refractivity contribution in [1.82, 2.24) is 4.72 Å². The second-order valence-electron chi connectivity index (χ2n) is 4.45. The summed E-state index contributed by atoms with van der Waals surface area (Å²) in [5.74, 6) is -0.931. The lowest BCUT2D eigenvalue weighted by atomic mass is 10.1. The van der Waals surface area contributed by atoms with E-state index in [1.807, 2.05) is 0 Å². The lowest BCUT2D eigenvalue weighted by Crippen LogP contribution is -2.24. The summed E-state index contributed by atoms with van der Waals surface area (Å²) in [4.78, 5) is -0.554. The largest absolute Gasteiger partial charge is 0.416 e. The Kier molecular flexibility index (Phi) is 4.52. The average molecular weight is 333 g/mol. The third-order valence-electron chi connectivity index (χ3n) is 2.85. The zero-order valence-electron chi connectivity index (χ0n) is 11.1. The Labute approximate surface area is 124 Å². The fraction of sp³-hybridized carbons (Fsp3) is 0.143. The van der Waals surface area contributed by atoms with Crippen molar-refractivity contribution < 1.29 is 26.0 Å². The highest BCUT2D eigenvalue weighted by atomic mass is 32.2. The topological polar surface area (TPSA) is 46.2 Å². The van der Waals surface area contributed by atoms with Crippen molar-refractivity contribution in [3.8, 4) is 0 Å². The molecular weight excluding hydrogens is 322 g/mol. The molecule has 0 unspecified atom stereocenters. The summed E-state index contributed by atoms with van der Waals surface area (Å²) < 4.78 is 77.1. The van der Waals surface area contributed by atoms with Gasteiger partial charge in [-0.1, -0.05) is 30.3 Å².